The molecule has 7 heteroatoms. The number of carboxylic acids is 1. The number of carboxylic acid groups (broad SMARTS) is 1. The van der Waals surface area contributed by atoms with Crippen LogP contribution in [0.2, 0.25) is 0 Å². The molecule has 1 atom stereocenters. The third-order valence-corrected chi connectivity index (χ3v) is 4.04. The number of benzene rings is 2. The lowest BCUT2D eigenvalue weighted by Gasteiger charge is -2.15. The van der Waals surface area contributed by atoms with E-state index in [1.165, 1.54) is 7.11 Å². The van der Waals surface area contributed by atoms with Crippen LogP contribution >= 0.6 is 0 Å². The molecule has 0 saturated carbocycles. The first-order chi connectivity index (χ1) is 12.9. The van der Waals surface area contributed by atoms with Crippen LogP contribution in [-0.2, 0) is 16.0 Å². The lowest BCUT2D eigenvalue weighted by atomic mass is 10.0. The van der Waals surface area contributed by atoms with E-state index in [0.717, 1.165) is 0 Å². The number of aliphatic hydroxyl groups excluding tert-OH is 1. The Kier molecular flexibility index (Phi) is 7.19. The number of anilines is 1. The van der Waals surface area contributed by atoms with Crippen molar-refractivity contribution in [3.63, 3.8) is 0 Å². The van der Waals surface area contributed by atoms with E-state index >= 15 is 0 Å². The van der Waals surface area contributed by atoms with E-state index in [1.54, 1.807) is 49.6 Å². The van der Waals surface area contributed by atoms with Crippen LogP contribution in [-0.4, -0.2) is 36.3 Å². The normalized spacial score (nSPS) is 11.5. The first-order valence-electron chi connectivity index (χ1n) is 8.43. The molecule has 0 aromatic heterocycles. The Labute approximate surface area is 157 Å². The number of aliphatic hydroxyl groups is 1. The van der Waals surface area contributed by atoms with Crippen molar-refractivity contribution >= 4 is 17.6 Å². The monoisotopic (exact) mass is 373 g/mol. The Morgan fingerprint density at radius 2 is 1.78 bits per heavy atom. The van der Waals surface area contributed by atoms with Crippen LogP contribution in [0, 0.1) is 0 Å². The largest absolute Gasteiger partial charge is 0.497 e. The Hall–Kier alpha value is -3.06. The van der Waals surface area contributed by atoms with E-state index in [1.807, 2.05) is 0 Å². The molecule has 0 radical (unpaired) electrons. The fraction of sp³-hybridized carbons (Fsp3) is 0.300. The number of carbonyl (C=O) groups is 2. The summed E-state index contributed by atoms with van der Waals surface area (Å²) in [4.78, 5) is 22.8. The minimum atomic E-state index is -0.908. The molecule has 144 valence electrons. The number of rotatable bonds is 9. The lowest BCUT2D eigenvalue weighted by molar-refractivity contribution is -0.136. The van der Waals surface area contributed by atoms with E-state index in [0.29, 0.717) is 28.3 Å². The summed E-state index contributed by atoms with van der Waals surface area (Å²) in [6.45, 7) is 0. The minimum absolute atomic E-state index is 0.0654. The van der Waals surface area contributed by atoms with Gasteiger partial charge in [0.1, 0.15) is 11.5 Å². The highest BCUT2D eigenvalue weighted by Crippen LogP contribution is 2.31. The van der Waals surface area contributed by atoms with Gasteiger partial charge in [0.15, 0.2) is 0 Å². The molecule has 1 amide bonds. The average molecular weight is 373 g/mol. The van der Waals surface area contributed by atoms with E-state index in [9.17, 15) is 14.7 Å². The fourth-order valence-corrected chi connectivity index (χ4v) is 2.62. The number of aliphatic carboxylic acids is 1. The second-order valence-corrected chi connectivity index (χ2v) is 5.98. The second kappa shape index (κ2) is 9.59. The summed E-state index contributed by atoms with van der Waals surface area (Å²) in [6.07, 6.45) is -0.572. The third kappa shape index (κ3) is 6.00. The van der Waals surface area contributed by atoms with Crippen molar-refractivity contribution in [1.29, 1.82) is 0 Å². The van der Waals surface area contributed by atoms with Crippen LogP contribution < -0.4 is 14.8 Å². The smallest absolute Gasteiger partial charge is 0.307 e. The van der Waals surface area contributed by atoms with Gasteiger partial charge in [-0.05, 0) is 36.2 Å². The topological polar surface area (TPSA) is 105 Å². The van der Waals surface area contributed by atoms with E-state index in [2.05, 4.69) is 5.32 Å². The van der Waals surface area contributed by atoms with Crippen molar-refractivity contribution < 1.29 is 29.3 Å². The highest BCUT2D eigenvalue weighted by Gasteiger charge is 2.16. The zero-order valence-electron chi connectivity index (χ0n) is 15.3. The van der Waals surface area contributed by atoms with Crippen molar-refractivity contribution in [3.8, 4) is 11.5 Å². The molecule has 0 aliphatic rings. The summed E-state index contributed by atoms with van der Waals surface area (Å²) in [6, 6.07) is 11.7. The van der Waals surface area contributed by atoms with Gasteiger partial charge in [0.25, 0.3) is 0 Å². The number of amides is 1. The maximum atomic E-state index is 12.1. The van der Waals surface area contributed by atoms with Gasteiger partial charge in [0.2, 0.25) is 5.91 Å². The van der Waals surface area contributed by atoms with Crippen molar-refractivity contribution in [2.45, 2.75) is 25.4 Å². The minimum Gasteiger partial charge on any atom is -0.497 e. The van der Waals surface area contributed by atoms with Gasteiger partial charge < -0.3 is 25.0 Å². The summed E-state index contributed by atoms with van der Waals surface area (Å²) >= 11 is 0. The third-order valence-electron chi connectivity index (χ3n) is 4.04. The zero-order chi connectivity index (χ0) is 19.8. The summed E-state index contributed by atoms with van der Waals surface area (Å²) < 4.78 is 10.4. The molecule has 7 nitrogen and oxygen atoms in total. The van der Waals surface area contributed by atoms with Crippen molar-refractivity contribution in [3.05, 3.63) is 53.6 Å². The summed E-state index contributed by atoms with van der Waals surface area (Å²) in [5.41, 5.74) is 1.82. The predicted octanol–water partition coefficient (Wildman–Crippen LogP) is 2.78. The van der Waals surface area contributed by atoms with Gasteiger partial charge >= 0.3 is 5.97 Å². The maximum Gasteiger partial charge on any atom is 0.307 e. The standard InChI is InChI=1S/C20H23NO6/c1-26-15-7-8-16(18(12-15)27-2)17(22)9-10-19(23)21-14-5-3-13(4-6-14)11-20(24)25/h3-8,12,17,22H,9-11H2,1-2H3,(H,21,23)(H,24,25). The van der Waals surface area contributed by atoms with E-state index < -0.39 is 12.1 Å². The number of ether oxygens (including phenoxy) is 2. The quantitative estimate of drug-likeness (QED) is 0.624. The first-order valence-corrected chi connectivity index (χ1v) is 8.43. The molecule has 27 heavy (non-hydrogen) atoms. The number of methoxy groups -OCH3 is 2. The van der Waals surface area contributed by atoms with Gasteiger partial charge in [0.05, 0.1) is 26.7 Å². The molecule has 0 aliphatic heterocycles. The first kappa shape index (κ1) is 20.3. The van der Waals surface area contributed by atoms with Crippen molar-refractivity contribution in [1.82, 2.24) is 0 Å². The molecule has 0 bridgehead atoms. The van der Waals surface area contributed by atoms with Gasteiger partial charge in [-0.15, -0.1) is 0 Å². The number of hydrogen-bond donors (Lipinski definition) is 3. The molecule has 3 N–H and O–H groups in total. The van der Waals surface area contributed by atoms with Gasteiger partial charge in [-0.25, -0.2) is 0 Å². The summed E-state index contributed by atoms with van der Waals surface area (Å²) in [5.74, 6) is -0.0367. The number of carbonyl (C=O) groups excluding carboxylic acids is 1. The van der Waals surface area contributed by atoms with Gasteiger partial charge in [-0.1, -0.05) is 12.1 Å². The lowest BCUT2D eigenvalue weighted by Crippen LogP contribution is -2.13. The molecule has 2 aromatic carbocycles. The van der Waals surface area contributed by atoms with Crippen LogP contribution in [0.4, 0.5) is 5.69 Å². The van der Waals surface area contributed by atoms with Gasteiger partial charge in [-0.2, -0.15) is 0 Å². The van der Waals surface area contributed by atoms with Crippen LogP contribution in [0.1, 0.15) is 30.1 Å². The molecule has 0 fully saturated rings. The molecule has 1 unspecified atom stereocenters. The van der Waals surface area contributed by atoms with Crippen LogP contribution in [0.15, 0.2) is 42.5 Å². The second-order valence-electron chi connectivity index (χ2n) is 5.98. The zero-order valence-corrected chi connectivity index (χ0v) is 15.3. The SMILES string of the molecule is COc1ccc(C(O)CCC(=O)Nc2ccc(CC(=O)O)cc2)c(OC)c1. The fourth-order valence-electron chi connectivity index (χ4n) is 2.62. The molecular formula is C20H23NO6. The Morgan fingerprint density at radius 1 is 1.07 bits per heavy atom. The highest BCUT2D eigenvalue weighted by atomic mass is 16.5. The Balaban J connectivity index is 1.90. The highest BCUT2D eigenvalue weighted by molar-refractivity contribution is 5.90. The molecule has 0 spiro atoms. The molecule has 2 aromatic rings. The van der Waals surface area contributed by atoms with E-state index in [4.69, 9.17) is 14.6 Å². The molecular weight excluding hydrogens is 350 g/mol. The molecule has 0 aliphatic carbocycles. The molecule has 2 rings (SSSR count). The van der Waals surface area contributed by atoms with Crippen LogP contribution in [0.25, 0.3) is 0 Å². The predicted molar refractivity (Wildman–Crippen MR) is 100 cm³/mol. The number of nitrogens with one attached hydrogen (secondary N) is 1. The maximum absolute atomic E-state index is 12.1. The van der Waals surface area contributed by atoms with Gasteiger partial charge in [0, 0.05) is 23.7 Å². The summed E-state index contributed by atoms with van der Waals surface area (Å²) in [5, 5.41) is 21.9. The molecule has 0 heterocycles. The van der Waals surface area contributed by atoms with Crippen LogP contribution in [0.3, 0.4) is 0 Å². The van der Waals surface area contributed by atoms with Crippen molar-refractivity contribution in [2.24, 2.45) is 0 Å². The van der Waals surface area contributed by atoms with Crippen LogP contribution in [0.5, 0.6) is 11.5 Å². The Bertz CT molecular complexity index is 788. The molecule has 0 saturated heterocycles. The van der Waals surface area contributed by atoms with Gasteiger partial charge in [-0.3, -0.25) is 9.59 Å². The number of hydrogen-bond acceptors (Lipinski definition) is 5. The Morgan fingerprint density at radius 3 is 2.37 bits per heavy atom. The van der Waals surface area contributed by atoms with E-state index in [-0.39, 0.29) is 25.2 Å². The summed E-state index contributed by atoms with van der Waals surface area (Å²) in [7, 11) is 3.05. The average Bonchev–Trinajstić information content (AvgIpc) is 2.66. The van der Waals surface area contributed by atoms with Crippen molar-refractivity contribution in [2.75, 3.05) is 19.5 Å².